The first-order valence-electron chi connectivity index (χ1n) is 8.23. The van der Waals surface area contributed by atoms with Crippen LogP contribution in [0.5, 0.6) is 0 Å². The molecule has 126 valence electrons. The van der Waals surface area contributed by atoms with Gasteiger partial charge in [-0.05, 0) is 32.3 Å². The fourth-order valence-electron chi connectivity index (χ4n) is 3.53. The second kappa shape index (κ2) is 5.73. The number of aromatic amines is 1. The van der Waals surface area contributed by atoms with Crippen LogP contribution < -0.4 is 0 Å². The normalized spacial score (nSPS) is 17.2. The molecule has 0 bridgehead atoms. The van der Waals surface area contributed by atoms with E-state index in [4.69, 9.17) is 0 Å². The third-order valence-corrected chi connectivity index (χ3v) is 5.77. The molecule has 3 aromatic rings. The summed E-state index contributed by atoms with van der Waals surface area (Å²) in [5.74, 6) is 0.243. The van der Waals surface area contributed by atoms with Gasteiger partial charge >= 0.3 is 0 Å². The highest BCUT2D eigenvalue weighted by molar-refractivity contribution is 7.17. The van der Waals surface area contributed by atoms with E-state index in [0.29, 0.717) is 6.54 Å². The highest BCUT2D eigenvalue weighted by Crippen LogP contribution is 2.26. The van der Waals surface area contributed by atoms with E-state index in [2.05, 4.69) is 32.7 Å². The van der Waals surface area contributed by atoms with Crippen molar-refractivity contribution in [3.63, 3.8) is 0 Å². The number of imidazole rings is 1. The highest BCUT2D eigenvalue weighted by Gasteiger charge is 2.28. The van der Waals surface area contributed by atoms with Crippen molar-refractivity contribution in [2.24, 2.45) is 5.92 Å². The maximum absolute atomic E-state index is 12.9. The van der Waals surface area contributed by atoms with Crippen molar-refractivity contribution in [2.45, 2.75) is 39.7 Å². The predicted octanol–water partition coefficient (Wildman–Crippen LogP) is 2.50. The van der Waals surface area contributed by atoms with Crippen molar-refractivity contribution >= 4 is 22.2 Å². The minimum Gasteiger partial charge on any atom is -0.340 e. The number of aromatic nitrogens is 4. The lowest BCUT2D eigenvalue weighted by atomic mass is 9.87. The number of thiazole rings is 1. The molecule has 0 spiro atoms. The van der Waals surface area contributed by atoms with Crippen molar-refractivity contribution < 1.29 is 4.79 Å². The monoisotopic (exact) mass is 343 g/mol. The van der Waals surface area contributed by atoms with Gasteiger partial charge < -0.3 is 4.90 Å². The van der Waals surface area contributed by atoms with E-state index < -0.39 is 0 Å². The second-order valence-electron chi connectivity index (χ2n) is 6.65. The fraction of sp³-hybridized carbons (Fsp3) is 0.471. The van der Waals surface area contributed by atoms with E-state index in [-0.39, 0.29) is 11.8 Å². The van der Waals surface area contributed by atoms with E-state index in [0.717, 1.165) is 41.3 Å². The van der Waals surface area contributed by atoms with Gasteiger partial charge in [-0.1, -0.05) is 0 Å². The number of rotatable bonds is 3. The molecule has 7 heteroatoms. The Labute approximate surface area is 144 Å². The summed E-state index contributed by atoms with van der Waals surface area (Å²) in [7, 11) is 1.89. The number of nitrogens with zero attached hydrogens (tertiary/aromatic N) is 4. The van der Waals surface area contributed by atoms with E-state index in [9.17, 15) is 4.79 Å². The van der Waals surface area contributed by atoms with Gasteiger partial charge in [0.25, 0.3) is 0 Å². The number of aryl methyl sites for hydroxylation is 3. The van der Waals surface area contributed by atoms with Gasteiger partial charge in [-0.3, -0.25) is 14.3 Å². The van der Waals surface area contributed by atoms with Gasteiger partial charge in [0.2, 0.25) is 5.91 Å². The molecule has 1 N–H and O–H groups in total. The molecule has 0 aliphatic heterocycles. The fourth-order valence-corrected chi connectivity index (χ4v) is 4.42. The molecule has 1 atom stereocenters. The third-order valence-electron chi connectivity index (χ3n) is 4.87. The van der Waals surface area contributed by atoms with Crippen LogP contribution in [0, 0.1) is 19.8 Å². The number of fused-ring (bicyclic) bond motifs is 2. The predicted molar refractivity (Wildman–Crippen MR) is 93.1 cm³/mol. The van der Waals surface area contributed by atoms with Crippen molar-refractivity contribution in [2.75, 3.05) is 7.05 Å². The first-order valence-corrected chi connectivity index (χ1v) is 9.04. The van der Waals surface area contributed by atoms with Gasteiger partial charge in [-0.2, -0.15) is 5.10 Å². The maximum Gasteiger partial charge on any atom is 0.226 e. The van der Waals surface area contributed by atoms with E-state index in [1.54, 1.807) is 11.3 Å². The van der Waals surface area contributed by atoms with E-state index in [1.165, 1.54) is 10.4 Å². The Hall–Kier alpha value is -2.15. The van der Waals surface area contributed by atoms with E-state index >= 15 is 0 Å². The average molecular weight is 343 g/mol. The lowest BCUT2D eigenvalue weighted by molar-refractivity contribution is -0.135. The maximum atomic E-state index is 12.9. The molecular weight excluding hydrogens is 322 g/mol. The number of nitrogens with one attached hydrogen (secondary N) is 1. The minimum absolute atomic E-state index is 0.0379. The standard InChI is InChI=1S/C17H21N5OS/c1-10-8-22-15(11(2)19-17(22)24-10)9-21(3)16(23)12-4-5-13-7-18-20-14(13)6-12/h7-8,12H,4-6,9H2,1-3H3,(H,18,20). The van der Waals surface area contributed by atoms with Crippen molar-refractivity contribution in [1.29, 1.82) is 0 Å². The summed E-state index contributed by atoms with van der Waals surface area (Å²) in [6.07, 6.45) is 6.57. The molecule has 3 heterocycles. The SMILES string of the molecule is Cc1cn2c(CN(C)C(=O)C3CCc4cn[nH]c4C3)c(C)nc2s1. The van der Waals surface area contributed by atoms with Gasteiger partial charge in [0, 0.05) is 36.2 Å². The first kappa shape index (κ1) is 15.4. The van der Waals surface area contributed by atoms with Crippen molar-refractivity contribution in [1.82, 2.24) is 24.5 Å². The molecule has 0 saturated heterocycles. The smallest absolute Gasteiger partial charge is 0.226 e. The summed E-state index contributed by atoms with van der Waals surface area (Å²) in [5, 5.41) is 7.12. The molecule has 6 nitrogen and oxygen atoms in total. The Morgan fingerprint density at radius 1 is 1.50 bits per heavy atom. The Morgan fingerprint density at radius 3 is 3.17 bits per heavy atom. The molecule has 0 aromatic carbocycles. The molecule has 1 aliphatic carbocycles. The van der Waals surface area contributed by atoms with Crippen LogP contribution in [0.2, 0.25) is 0 Å². The minimum atomic E-state index is 0.0379. The van der Waals surface area contributed by atoms with Crippen LogP contribution in [0.25, 0.3) is 4.96 Å². The van der Waals surface area contributed by atoms with Gasteiger partial charge in [0.1, 0.15) is 0 Å². The summed E-state index contributed by atoms with van der Waals surface area (Å²) < 4.78 is 2.12. The zero-order chi connectivity index (χ0) is 16.8. The van der Waals surface area contributed by atoms with Crippen LogP contribution in [0.3, 0.4) is 0 Å². The molecule has 1 unspecified atom stereocenters. The summed E-state index contributed by atoms with van der Waals surface area (Å²) in [5.41, 5.74) is 4.47. The van der Waals surface area contributed by atoms with Crippen LogP contribution in [-0.4, -0.2) is 37.4 Å². The summed E-state index contributed by atoms with van der Waals surface area (Å²) in [6.45, 7) is 4.69. The number of carbonyl (C=O) groups is 1. The summed E-state index contributed by atoms with van der Waals surface area (Å²) in [4.78, 5) is 21.6. The zero-order valence-corrected chi connectivity index (χ0v) is 15.0. The Balaban J connectivity index is 1.52. The molecular formula is C17H21N5OS. The third kappa shape index (κ3) is 2.53. The summed E-state index contributed by atoms with van der Waals surface area (Å²) >= 11 is 1.68. The number of H-pyrrole nitrogens is 1. The highest BCUT2D eigenvalue weighted by atomic mass is 32.1. The Kier molecular flexibility index (Phi) is 3.68. The van der Waals surface area contributed by atoms with Crippen LogP contribution in [0.15, 0.2) is 12.4 Å². The molecule has 3 aromatic heterocycles. The van der Waals surface area contributed by atoms with Crippen LogP contribution in [0.4, 0.5) is 0 Å². The molecule has 0 saturated carbocycles. The topological polar surface area (TPSA) is 66.3 Å². The molecule has 1 aliphatic rings. The largest absolute Gasteiger partial charge is 0.340 e. The van der Waals surface area contributed by atoms with Gasteiger partial charge in [-0.25, -0.2) is 4.98 Å². The molecule has 0 fully saturated rings. The first-order chi connectivity index (χ1) is 11.5. The lowest BCUT2D eigenvalue weighted by Crippen LogP contribution is -2.35. The molecule has 1 amide bonds. The lowest BCUT2D eigenvalue weighted by Gasteiger charge is -2.26. The molecule has 24 heavy (non-hydrogen) atoms. The average Bonchev–Trinajstić information content (AvgIpc) is 3.22. The van der Waals surface area contributed by atoms with Gasteiger partial charge in [0.05, 0.1) is 24.1 Å². The Bertz CT molecular complexity index is 906. The number of carbonyl (C=O) groups excluding carboxylic acids is 1. The second-order valence-corrected chi connectivity index (χ2v) is 7.86. The number of amides is 1. The molecule has 0 radical (unpaired) electrons. The summed E-state index contributed by atoms with van der Waals surface area (Å²) in [6, 6.07) is 0. The quantitative estimate of drug-likeness (QED) is 0.794. The van der Waals surface area contributed by atoms with Crippen LogP contribution >= 0.6 is 11.3 Å². The number of hydrogen-bond acceptors (Lipinski definition) is 4. The number of hydrogen-bond donors (Lipinski definition) is 1. The van der Waals surface area contributed by atoms with Crippen LogP contribution in [-0.2, 0) is 24.2 Å². The van der Waals surface area contributed by atoms with Crippen LogP contribution in [0.1, 0.15) is 33.9 Å². The van der Waals surface area contributed by atoms with E-state index in [1.807, 2.05) is 25.1 Å². The van der Waals surface area contributed by atoms with Crippen molar-refractivity contribution in [3.8, 4) is 0 Å². The Morgan fingerprint density at radius 2 is 2.33 bits per heavy atom. The molecule has 4 rings (SSSR count). The zero-order valence-electron chi connectivity index (χ0n) is 14.2. The van der Waals surface area contributed by atoms with Gasteiger partial charge in [-0.15, -0.1) is 11.3 Å². The van der Waals surface area contributed by atoms with Gasteiger partial charge in [0.15, 0.2) is 4.96 Å². The van der Waals surface area contributed by atoms with Crippen molar-refractivity contribution in [3.05, 3.63) is 39.9 Å².